The first-order valence-electron chi connectivity index (χ1n) is 14.5. The minimum absolute atomic E-state index is 0.0479. The molecular weight excluding hydrogens is 516 g/mol. The van der Waals surface area contributed by atoms with Gasteiger partial charge >= 0.3 is 0 Å². The molecule has 1 saturated heterocycles. The Labute approximate surface area is 238 Å². The van der Waals surface area contributed by atoms with E-state index in [1.54, 1.807) is 0 Å². The Morgan fingerprint density at radius 1 is 0.725 bits per heavy atom. The maximum absolute atomic E-state index is 13.2. The second-order valence-electron chi connectivity index (χ2n) is 11.5. The normalized spacial score (nSPS) is 25.5. The Morgan fingerprint density at radius 3 is 1.73 bits per heavy atom. The minimum Gasteiger partial charge on any atom is -0.352 e. The lowest BCUT2D eigenvalue weighted by molar-refractivity contribution is -0.135. The third-order valence-corrected chi connectivity index (χ3v) is 6.57. The van der Waals surface area contributed by atoms with Gasteiger partial charge in [0.05, 0.1) is 0 Å². The number of carbonyl (C=O) groups is 6. The number of unbranched alkanes of at least 4 members (excludes halogenated alkanes) is 3. The van der Waals surface area contributed by atoms with Crippen molar-refractivity contribution in [3.63, 3.8) is 0 Å². The first-order valence-corrected chi connectivity index (χ1v) is 14.5. The molecule has 0 aromatic carbocycles. The van der Waals surface area contributed by atoms with Crippen LogP contribution in [0, 0.1) is 11.8 Å². The highest BCUT2D eigenvalue weighted by molar-refractivity contribution is 5.96. The second kappa shape index (κ2) is 17.5. The molecule has 0 saturated carbocycles. The summed E-state index contributed by atoms with van der Waals surface area (Å²) in [5, 5.41) is 15.9. The van der Waals surface area contributed by atoms with Crippen LogP contribution in [0.25, 0.3) is 0 Å². The van der Waals surface area contributed by atoms with Crippen molar-refractivity contribution in [3.05, 3.63) is 0 Å². The molecule has 0 unspecified atom stereocenters. The SMILES string of the molecule is CCCCCCC(=O)N[C@@H]1CNC(=O)[C@@H](CC(C)C)NC(=O)[C@@H](C)NC(=O)[C@@H](CC(C)C)NC(=O)[C@@H](C)NC1=O. The molecular formula is C28H50N6O6. The smallest absolute Gasteiger partial charge is 0.245 e. The first-order chi connectivity index (χ1) is 18.7. The molecule has 6 N–H and O–H groups in total. The summed E-state index contributed by atoms with van der Waals surface area (Å²) >= 11 is 0. The lowest BCUT2D eigenvalue weighted by Gasteiger charge is -2.27. The summed E-state index contributed by atoms with van der Waals surface area (Å²) in [7, 11) is 0. The zero-order valence-corrected chi connectivity index (χ0v) is 25.1. The maximum Gasteiger partial charge on any atom is 0.245 e. The summed E-state index contributed by atoms with van der Waals surface area (Å²) in [4.78, 5) is 77.7. The second-order valence-corrected chi connectivity index (χ2v) is 11.5. The van der Waals surface area contributed by atoms with E-state index in [0.29, 0.717) is 19.3 Å². The van der Waals surface area contributed by atoms with Crippen molar-refractivity contribution < 1.29 is 28.8 Å². The van der Waals surface area contributed by atoms with Gasteiger partial charge in [-0.1, -0.05) is 53.9 Å². The lowest BCUT2D eigenvalue weighted by atomic mass is 10.0. The van der Waals surface area contributed by atoms with E-state index in [4.69, 9.17) is 0 Å². The van der Waals surface area contributed by atoms with Crippen LogP contribution in [0.1, 0.15) is 93.4 Å². The Morgan fingerprint density at radius 2 is 1.23 bits per heavy atom. The van der Waals surface area contributed by atoms with E-state index in [2.05, 4.69) is 38.8 Å². The van der Waals surface area contributed by atoms with E-state index in [1.165, 1.54) is 13.8 Å². The predicted octanol–water partition coefficient (Wildman–Crippen LogP) is 0.643. The summed E-state index contributed by atoms with van der Waals surface area (Å²) in [6.07, 6.45) is 4.42. The number of hydrogen-bond acceptors (Lipinski definition) is 6. The fourth-order valence-electron chi connectivity index (χ4n) is 4.27. The summed E-state index contributed by atoms with van der Waals surface area (Å²) < 4.78 is 0. The topological polar surface area (TPSA) is 175 Å². The van der Waals surface area contributed by atoms with Crippen LogP contribution in [0.5, 0.6) is 0 Å². The molecule has 5 atom stereocenters. The minimum atomic E-state index is -1.14. The van der Waals surface area contributed by atoms with Gasteiger partial charge in [-0.25, -0.2) is 0 Å². The molecule has 0 spiro atoms. The highest BCUT2D eigenvalue weighted by atomic mass is 16.2. The van der Waals surface area contributed by atoms with Crippen molar-refractivity contribution in [2.75, 3.05) is 6.54 Å². The van der Waals surface area contributed by atoms with Gasteiger partial charge in [-0.2, -0.15) is 0 Å². The molecule has 0 bridgehead atoms. The molecule has 1 fully saturated rings. The number of rotatable bonds is 10. The summed E-state index contributed by atoms with van der Waals surface area (Å²) in [5.41, 5.74) is 0. The zero-order chi connectivity index (χ0) is 30.4. The van der Waals surface area contributed by atoms with Crippen LogP contribution < -0.4 is 31.9 Å². The van der Waals surface area contributed by atoms with Gasteiger partial charge in [0.1, 0.15) is 30.2 Å². The maximum atomic E-state index is 13.2. The van der Waals surface area contributed by atoms with Gasteiger partial charge in [-0.05, 0) is 44.9 Å². The Bertz CT molecular complexity index is 893. The van der Waals surface area contributed by atoms with Crippen molar-refractivity contribution in [1.29, 1.82) is 0 Å². The van der Waals surface area contributed by atoms with Crippen molar-refractivity contribution in [1.82, 2.24) is 31.9 Å². The van der Waals surface area contributed by atoms with E-state index < -0.39 is 59.7 Å². The fraction of sp³-hybridized carbons (Fsp3) is 0.786. The number of hydrogen-bond donors (Lipinski definition) is 6. The summed E-state index contributed by atoms with van der Waals surface area (Å²) in [6.45, 7) is 12.4. The van der Waals surface area contributed by atoms with Crippen molar-refractivity contribution >= 4 is 35.4 Å². The molecule has 0 aromatic rings. The third-order valence-electron chi connectivity index (χ3n) is 6.57. The van der Waals surface area contributed by atoms with E-state index in [-0.39, 0.29) is 30.7 Å². The standard InChI is InChI=1S/C28H50N6O6/c1-8-9-10-11-12-23(35)32-22-15-29-26(38)20(13-16(2)3)33-24(36)18(6)30-27(39)21(14-17(4)5)34-25(37)19(7)31-28(22)40/h16-22H,8-15H2,1-7H3,(H,29,38)(H,30,39)(H,31,40)(H,32,35)(H,33,36)(H,34,37)/t18-,19-,20-,21-,22-/m1/s1. The van der Waals surface area contributed by atoms with E-state index in [0.717, 1.165) is 19.3 Å². The number of nitrogens with one attached hydrogen (secondary N) is 6. The van der Waals surface area contributed by atoms with Crippen molar-refractivity contribution in [2.24, 2.45) is 11.8 Å². The molecule has 1 rings (SSSR count). The summed E-state index contributed by atoms with van der Waals surface area (Å²) in [6, 6.07) is -5.00. The van der Waals surface area contributed by atoms with E-state index >= 15 is 0 Å². The highest BCUT2D eigenvalue weighted by Crippen LogP contribution is 2.09. The van der Waals surface area contributed by atoms with Crippen LogP contribution in [0.2, 0.25) is 0 Å². The van der Waals surface area contributed by atoms with Crippen LogP contribution >= 0.6 is 0 Å². The molecule has 0 aromatic heterocycles. The predicted molar refractivity (Wildman–Crippen MR) is 152 cm³/mol. The molecule has 1 aliphatic heterocycles. The molecule has 1 heterocycles. The van der Waals surface area contributed by atoms with Gasteiger partial charge < -0.3 is 31.9 Å². The van der Waals surface area contributed by atoms with Gasteiger partial charge in [0, 0.05) is 13.0 Å². The van der Waals surface area contributed by atoms with Crippen molar-refractivity contribution in [3.8, 4) is 0 Å². The first kappa shape index (κ1) is 34.8. The van der Waals surface area contributed by atoms with Gasteiger partial charge in [0.15, 0.2) is 0 Å². The van der Waals surface area contributed by atoms with Gasteiger partial charge in [0.2, 0.25) is 35.4 Å². The highest BCUT2D eigenvalue weighted by Gasteiger charge is 2.32. The third kappa shape index (κ3) is 12.8. The number of amides is 6. The van der Waals surface area contributed by atoms with Gasteiger partial charge in [-0.3, -0.25) is 28.8 Å². The van der Waals surface area contributed by atoms with Crippen LogP contribution in [-0.2, 0) is 28.8 Å². The largest absolute Gasteiger partial charge is 0.352 e. The molecule has 1 aliphatic rings. The van der Waals surface area contributed by atoms with E-state index in [1.807, 2.05) is 27.7 Å². The molecule has 228 valence electrons. The zero-order valence-electron chi connectivity index (χ0n) is 25.1. The van der Waals surface area contributed by atoms with Gasteiger partial charge in [0.25, 0.3) is 0 Å². The lowest BCUT2D eigenvalue weighted by Crippen LogP contribution is -2.61. The number of carbonyl (C=O) groups excluding carboxylic acids is 6. The van der Waals surface area contributed by atoms with Crippen molar-refractivity contribution in [2.45, 2.75) is 124 Å². The Kier molecular flexibility index (Phi) is 15.2. The van der Waals surface area contributed by atoms with Crippen LogP contribution in [0.3, 0.4) is 0 Å². The molecule has 0 aliphatic carbocycles. The average Bonchev–Trinajstić information content (AvgIpc) is 2.86. The Balaban J connectivity index is 3.26. The average molecular weight is 567 g/mol. The molecule has 40 heavy (non-hydrogen) atoms. The van der Waals surface area contributed by atoms with Crippen LogP contribution in [-0.4, -0.2) is 72.2 Å². The molecule has 12 nitrogen and oxygen atoms in total. The summed E-state index contributed by atoms with van der Waals surface area (Å²) in [5.74, 6) is -3.11. The molecule has 6 amide bonds. The quantitative estimate of drug-likeness (QED) is 0.212. The fourth-order valence-corrected chi connectivity index (χ4v) is 4.27. The molecule has 12 heteroatoms. The Hall–Kier alpha value is -3.18. The molecule has 0 radical (unpaired) electrons. The van der Waals surface area contributed by atoms with E-state index in [9.17, 15) is 28.8 Å². The monoisotopic (exact) mass is 566 g/mol. The van der Waals surface area contributed by atoms with Gasteiger partial charge in [-0.15, -0.1) is 0 Å². The van der Waals surface area contributed by atoms with Crippen LogP contribution in [0.15, 0.2) is 0 Å². The van der Waals surface area contributed by atoms with Crippen LogP contribution in [0.4, 0.5) is 0 Å².